The first-order valence-corrected chi connectivity index (χ1v) is 6.47. The van der Waals surface area contributed by atoms with Crippen molar-refractivity contribution in [2.75, 3.05) is 6.54 Å². The average molecular weight is 286 g/mol. The Morgan fingerprint density at radius 1 is 1.35 bits per heavy atom. The molecule has 0 fully saturated rings. The van der Waals surface area contributed by atoms with Crippen LogP contribution in [0.3, 0.4) is 0 Å². The summed E-state index contributed by atoms with van der Waals surface area (Å²) in [7, 11) is 0. The smallest absolute Gasteiger partial charge is 0.387 e. The fraction of sp³-hybridized carbons (Fsp3) is 0.500. The van der Waals surface area contributed by atoms with Crippen LogP contribution in [0, 0.1) is 5.92 Å². The van der Waals surface area contributed by atoms with Crippen molar-refractivity contribution in [3.63, 3.8) is 0 Å². The van der Waals surface area contributed by atoms with Crippen molar-refractivity contribution in [3.8, 4) is 5.75 Å². The van der Waals surface area contributed by atoms with E-state index in [2.05, 4.69) is 10.1 Å². The Morgan fingerprint density at radius 2 is 2.00 bits per heavy atom. The number of halogens is 2. The number of hydrogen-bond donors (Lipinski definition) is 2. The van der Waals surface area contributed by atoms with Crippen molar-refractivity contribution in [1.29, 1.82) is 0 Å². The molecule has 0 saturated carbocycles. The number of carbonyl (C=O) groups excluding carboxylic acids is 1. The van der Waals surface area contributed by atoms with Gasteiger partial charge in [0.15, 0.2) is 0 Å². The van der Waals surface area contributed by atoms with Crippen LogP contribution in [0.1, 0.15) is 31.9 Å². The van der Waals surface area contributed by atoms with Gasteiger partial charge < -0.3 is 15.8 Å². The molecule has 2 unspecified atom stereocenters. The van der Waals surface area contributed by atoms with Crippen molar-refractivity contribution in [2.45, 2.75) is 32.9 Å². The second-order valence-electron chi connectivity index (χ2n) is 4.75. The molecule has 0 aliphatic carbocycles. The van der Waals surface area contributed by atoms with E-state index in [0.29, 0.717) is 18.5 Å². The van der Waals surface area contributed by atoms with Crippen LogP contribution < -0.4 is 15.8 Å². The zero-order valence-electron chi connectivity index (χ0n) is 11.6. The Hall–Kier alpha value is -1.69. The molecule has 6 heteroatoms. The number of nitrogens with one attached hydrogen (secondary N) is 1. The number of ether oxygens (including phenoxy) is 1. The summed E-state index contributed by atoms with van der Waals surface area (Å²) in [6.45, 7) is 1.13. The van der Waals surface area contributed by atoms with E-state index in [9.17, 15) is 13.6 Å². The Kier molecular flexibility index (Phi) is 6.38. The average Bonchev–Trinajstić information content (AvgIpc) is 2.38. The van der Waals surface area contributed by atoms with Crippen molar-refractivity contribution in [3.05, 3.63) is 29.8 Å². The van der Waals surface area contributed by atoms with Gasteiger partial charge in [-0.05, 0) is 25.5 Å². The molecule has 1 aromatic rings. The predicted molar refractivity (Wildman–Crippen MR) is 72.5 cm³/mol. The fourth-order valence-electron chi connectivity index (χ4n) is 1.82. The first-order valence-electron chi connectivity index (χ1n) is 6.47. The highest BCUT2D eigenvalue weighted by Crippen LogP contribution is 2.26. The van der Waals surface area contributed by atoms with Crippen LogP contribution in [-0.4, -0.2) is 19.1 Å². The molecule has 3 N–H and O–H groups in total. The summed E-state index contributed by atoms with van der Waals surface area (Å²) in [5.41, 5.74) is 5.97. The van der Waals surface area contributed by atoms with E-state index in [1.54, 1.807) is 25.1 Å². The molecule has 0 saturated heterocycles. The summed E-state index contributed by atoms with van der Waals surface area (Å²) in [5, 5.41) is 2.76. The van der Waals surface area contributed by atoms with Crippen LogP contribution >= 0.6 is 0 Å². The minimum Gasteiger partial charge on any atom is -0.434 e. The van der Waals surface area contributed by atoms with E-state index >= 15 is 0 Å². The van der Waals surface area contributed by atoms with E-state index in [-0.39, 0.29) is 17.6 Å². The Labute approximate surface area is 117 Å². The fourth-order valence-corrected chi connectivity index (χ4v) is 1.82. The third-order valence-electron chi connectivity index (χ3n) is 2.92. The molecule has 1 rings (SSSR count). The second kappa shape index (κ2) is 7.79. The zero-order valence-corrected chi connectivity index (χ0v) is 11.6. The van der Waals surface area contributed by atoms with Crippen LogP contribution in [0.15, 0.2) is 24.3 Å². The van der Waals surface area contributed by atoms with E-state index in [0.717, 1.165) is 0 Å². The largest absolute Gasteiger partial charge is 0.434 e. The molecular weight excluding hydrogens is 266 g/mol. The highest BCUT2D eigenvalue weighted by molar-refractivity contribution is 5.76. The van der Waals surface area contributed by atoms with Crippen LogP contribution in [-0.2, 0) is 4.79 Å². The van der Waals surface area contributed by atoms with Gasteiger partial charge in [0.25, 0.3) is 0 Å². The van der Waals surface area contributed by atoms with Crippen molar-refractivity contribution >= 4 is 5.91 Å². The Balaban J connectivity index is 2.72. The van der Waals surface area contributed by atoms with Crippen LogP contribution in [0.4, 0.5) is 8.78 Å². The van der Waals surface area contributed by atoms with Crippen molar-refractivity contribution < 1.29 is 18.3 Å². The maximum atomic E-state index is 12.3. The third-order valence-corrected chi connectivity index (χ3v) is 2.92. The number of carbonyl (C=O) groups is 1. The van der Waals surface area contributed by atoms with Gasteiger partial charge in [-0.2, -0.15) is 8.78 Å². The first kappa shape index (κ1) is 16.4. The minimum absolute atomic E-state index is 0.0715. The van der Waals surface area contributed by atoms with E-state index in [4.69, 9.17) is 5.73 Å². The number of rotatable bonds is 7. The molecule has 20 heavy (non-hydrogen) atoms. The second-order valence-corrected chi connectivity index (χ2v) is 4.75. The summed E-state index contributed by atoms with van der Waals surface area (Å²) in [4.78, 5) is 11.8. The Bertz CT molecular complexity index is 441. The maximum absolute atomic E-state index is 12.3. The van der Waals surface area contributed by atoms with Crippen LogP contribution in [0.5, 0.6) is 5.75 Å². The summed E-state index contributed by atoms with van der Waals surface area (Å²) >= 11 is 0. The number of amides is 1. The lowest BCUT2D eigenvalue weighted by molar-refractivity contribution is -0.122. The lowest BCUT2D eigenvalue weighted by Crippen LogP contribution is -2.29. The van der Waals surface area contributed by atoms with E-state index in [1.165, 1.54) is 6.07 Å². The molecular formula is C14H20F2N2O2. The third kappa shape index (κ3) is 5.13. The molecule has 2 atom stereocenters. The number of nitrogens with two attached hydrogens (primary N) is 1. The number of alkyl halides is 2. The molecule has 112 valence electrons. The van der Waals surface area contributed by atoms with Crippen molar-refractivity contribution in [2.24, 2.45) is 11.7 Å². The molecule has 0 aromatic heterocycles. The minimum atomic E-state index is -2.89. The summed E-state index contributed by atoms with van der Waals surface area (Å²) in [6, 6.07) is 6.00. The monoisotopic (exact) mass is 286 g/mol. The molecule has 0 radical (unpaired) electrons. The Morgan fingerprint density at radius 3 is 2.60 bits per heavy atom. The van der Waals surface area contributed by atoms with Crippen LogP contribution in [0.25, 0.3) is 0 Å². The molecule has 0 heterocycles. The highest BCUT2D eigenvalue weighted by atomic mass is 19.3. The van der Waals surface area contributed by atoms with Crippen LogP contribution in [0.2, 0.25) is 0 Å². The normalized spacial score (nSPS) is 13.9. The number of para-hydroxylation sites is 1. The molecule has 0 aliphatic rings. The van der Waals surface area contributed by atoms with Gasteiger partial charge in [-0.3, -0.25) is 4.79 Å². The predicted octanol–water partition coefficient (Wildman–Crippen LogP) is 2.45. The van der Waals surface area contributed by atoms with Gasteiger partial charge in [-0.25, -0.2) is 0 Å². The van der Waals surface area contributed by atoms with Gasteiger partial charge in [0.1, 0.15) is 5.75 Å². The van der Waals surface area contributed by atoms with Gasteiger partial charge in [0, 0.05) is 12.0 Å². The van der Waals surface area contributed by atoms with Gasteiger partial charge in [0.2, 0.25) is 5.91 Å². The summed E-state index contributed by atoms with van der Waals surface area (Å²) < 4.78 is 29.1. The van der Waals surface area contributed by atoms with Gasteiger partial charge in [-0.1, -0.05) is 25.1 Å². The van der Waals surface area contributed by atoms with Gasteiger partial charge in [-0.15, -0.1) is 0 Å². The highest BCUT2D eigenvalue weighted by Gasteiger charge is 2.17. The standard InChI is InChI=1S/C14H20F2N2O2/c1-9(8-17)7-13(19)18-10(2)11-5-3-4-6-12(11)20-14(15)16/h3-6,9-10,14H,7-8,17H2,1-2H3,(H,18,19). The quantitative estimate of drug-likeness (QED) is 0.809. The summed E-state index contributed by atoms with van der Waals surface area (Å²) in [5.74, 6) is -0.0146. The topological polar surface area (TPSA) is 64.4 Å². The number of benzene rings is 1. The lowest BCUT2D eigenvalue weighted by Gasteiger charge is -2.19. The molecule has 0 bridgehead atoms. The lowest BCUT2D eigenvalue weighted by atomic mass is 10.1. The zero-order chi connectivity index (χ0) is 15.1. The molecule has 1 aromatic carbocycles. The number of hydrogen-bond acceptors (Lipinski definition) is 3. The molecule has 1 amide bonds. The van der Waals surface area contributed by atoms with Crippen molar-refractivity contribution in [1.82, 2.24) is 5.32 Å². The van der Waals surface area contributed by atoms with Gasteiger partial charge in [0.05, 0.1) is 6.04 Å². The van der Waals surface area contributed by atoms with E-state index in [1.807, 2.05) is 6.92 Å². The van der Waals surface area contributed by atoms with Gasteiger partial charge >= 0.3 is 6.61 Å². The maximum Gasteiger partial charge on any atom is 0.387 e. The molecule has 0 aliphatic heterocycles. The first-order chi connectivity index (χ1) is 9.43. The molecule has 4 nitrogen and oxygen atoms in total. The SMILES string of the molecule is CC(CN)CC(=O)NC(C)c1ccccc1OC(F)F. The summed E-state index contributed by atoms with van der Waals surface area (Å²) in [6.07, 6.45) is 0.304. The molecule has 0 spiro atoms. The van der Waals surface area contributed by atoms with E-state index < -0.39 is 12.7 Å².